The molecule has 29 heavy (non-hydrogen) atoms. The number of carbonyl (C=O) groups is 3. The van der Waals surface area contributed by atoms with Crippen LogP contribution in [0.4, 0.5) is 4.79 Å². The highest BCUT2D eigenvalue weighted by molar-refractivity contribution is 5.92. The number of amides is 3. The van der Waals surface area contributed by atoms with E-state index < -0.39 is 18.5 Å². The number of piperazine rings is 1. The van der Waals surface area contributed by atoms with Crippen LogP contribution in [0.25, 0.3) is 0 Å². The van der Waals surface area contributed by atoms with Gasteiger partial charge < -0.3 is 28.9 Å². The number of carbonyl (C=O) groups excluding carboxylic acids is 3. The molecule has 3 saturated heterocycles. The highest BCUT2D eigenvalue weighted by atomic mass is 16.7. The van der Waals surface area contributed by atoms with Gasteiger partial charge in [0.1, 0.15) is 0 Å². The monoisotopic (exact) mass is 403 g/mol. The van der Waals surface area contributed by atoms with Gasteiger partial charge in [-0.2, -0.15) is 0 Å². The zero-order valence-corrected chi connectivity index (χ0v) is 16.4. The van der Waals surface area contributed by atoms with Crippen molar-refractivity contribution < 1.29 is 28.6 Å². The average molecular weight is 403 g/mol. The van der Waals surface area contributed by atoms with Crippen molar-refractivity contribution in [2.24, 2.45) is 0 Å². The topological polar surface area (TPSA) is 88.6 Å². The first-order valence-corrected chi connectivity index (χ1v) is 9.91. The van der Waals surface area contributed by atoms with Gasteiger partial charge >= 0.3 is 6.09 Å². The number of hydrogen-bond acceptors (Lipinski definition) is 6. The summed E-state index contributed by atoms with van der Waals surface area (Å²) in [5.74, 6) is -0.498. The van der Waals surface area contributed by atoms with Gasteiger partial charge in [-0.3, -0.25) is 9.59 Å². The molecule has 3 heterocycles. The normalized spacial score (nSPS) is 26.6. The third-order valence-electron chi connectivity index (χ3n) is 5.37. The summed E-state index contributed by atoms with van der Waals surface area (Å²) >= 11 is 0. The Morgan fingerprint density at radius 3 is 2.45 bits per heavy atom. The smallest absolute Gasteiger partial charge is 0.409 e. The van der Waals surface area contributed by atoms with Crippen molar-refractivity contribution >= 4 is 17.9 Å². The number of hydrogen-bond donors (Lipinski definition) is 0. The second-order valence-electron chi connectivity index (χ2n) is 7.26. The summed E-state index contributed by atoms with van der Waals surface area (Å²) in [6.07, 6.45) is -2.84. The molecule has 0 radical (unpaired) electrons. The first kappa shape index (κ1) is 19.7. The summed E-state index contributed by atoms with van der Waals surface area (Å²) in [7, 11) is 0. The molecule has 0 saturated carbocycles. The molecule has 1 aromatic carbocycles. The Hall–Kier alpha value is -2.65. The van der Waals surface area contributed by atoms with Gasteiger partial charge in [-0.25, -0.2) is 4.79 Å². The third-order valence-corrected chi connectivity index (χ3v) is 5.37. The highest BCUT2D eigenvalue weighted by Gasteiger charge is 2.52. The number of nitrogens with zero attached hydrogens (tertiary/aromatic N) is 3. The van der Waals surface area contributed by atoms with E-state index in [2.05, 4.69) is 0 Å². The standard InChI is InChI=1S/C20H25N3O6/c1-2-27-20(26)22-10-8-21(9-11-22)18(24)16-17-19(25)23(13-15(28-16)29-17)12-14-6-4-3-5-7-14/h3-7,15-17H,2,8-13H2,1H3/t15-,16-,17-/m1/s1. The van der Waals surface area contributed by atoms with Crippen LogP contribution < -0.4 is 0 Å². The minimum absolute atomic E-state index is 0.230. The van der Waals surface area contributed by atoms with E-state index in [9.17, 15) is 14.4 Å². The summed E-state index contributed by atoms with van der Waals surface area (Å²) in [6, 6.07) is 9.68. The van der Waals surface area contributed by atoms with Gasteiger partial charge in [0.2, 0.25) is 0 Å². The Morgan fingerprint density at radius 1 is 1.07 bits per heavy atom. The lowest BCUT2D eigenvalue weighted by atomic mass is 10.1. The first-order valence-electron chi connectivity index (χ1n) is 9.91. The summed E-state index contributed by atoms with van der Waals surface area (Å²) in [4.78, 5) is 42.5. The van der Waals surface area contributed by atoms with Gasteiger partial charge in [-0.1, -0.05) is 30.3 Å². The van der Waals surface area contributed by atoms with Crippen LogP contribution >= 0.6 is 0 Å². The molecule has 3 atom stereocenters. The summed E-state index contributed by atoms with van der Waals surface area (Å²) in [5.41, 5.74) is 1.01. The molecule has 9 heteroatoms. The highest BCUT2D eigenvalue weighted by Crippen LogP contribution is 2.29. The molecule has 156 valence electrons. The Labute approximate surface area is 169 Å². The van der Waals surface area contributed by atoms with Gasteiger partial charge in [0.05, 0.1) is 13.2 Å². The molecule has 0 unspecified atom stereocenters. The lowest BCUT2D eigenvalue weighted by molar-refractivity contribution is -0.162. The van der Waals surface area contributed by atoms with Crippen molar-refractivity contribution in [3.8, 4) is 0 Å². The van der Waals surface area contributed by atoms with Gasteiger partial charge in [0, 0.05) is 32.7 Å². The van der Waals surface area contributed by atoms with Crippen LogP contribution in [0, 0.1) is 0 Å². The molecule has 0 aromatic heterocycles. The Kier molecular flexibility index (Phi) is 5.68. The predicted octanol–water partition coefficient (Wildman–Crippen LogP) is 0.440. The summed E-state index contributed by atoms with van der Waals surface area (Å²) in [5, 5.41) is 0. The predicted molar refractivity (Wildman–Crippen MR) is 101 cm³/mol. The van der Waals surface area contributed by atoms with Crippen molar-refractivity contribution in [1.82, 2.24) is 14.7 Å². The van der Waals surface area contributed by atoms with E-state index in [0.29, 0.717) is 45.9 Å². The van der Waals surface area contributed by atoms with Crippen LogP contribution in [0.5, 0.6) is 0 Å². The van der Waals surface area contributed by atoms with E-state index in [1.54, 1.807) is 21.6 Å². The zero-order chi connectivity index (χ0) is 20.4. The lowest BCUT2D eigenvalue weighted by Gasteiger charge is -2.35. The van der Waals surface area contributed by atoms with E-state index in [1.807, 2.05) is 30.3 Å². The lowest BCUT2D eigenvalue weighted by Crippen LogP contribution is -2.56. The van der Waals surface area contributed by atoms with Crippen LogP contribution in [0.1, 0.15) is 12.5 Å². The summed E-state index contributed by atoms with van der Waals surface area (Å²) < 4.78 is 16.4. The quantitative estimate of drug-likeness (QED) is 0.725. The molecule has 3 aliphatic heterocycles. The minimum Gasteiger partial charge on any atom is -0.450 e. The third kappa shape index (κ3) is 4.06. The van der Waals surface area contributed by atoms with Crippen molar-refractivity contribution in [3.63, 3.8) is 0 Å². The van der Waals surface area contributed by atoms with E-state index in [4.69, 9.17) is 14.2 Å². The zero-order valence-electron chi connectivity index (χ0n) is 16.4. The molecule has 4 rings (SSSR count). The molecular weight excluding hydrogens is 378 g/mol. The molecule has 0 aliphatic carbocycles. The minimum atomic E-state index is -0.942. The molecule has 3 amide bonds. The van der Waals surface area contributed by atoms with Crippen LogP contribution in [-0.4, -0.2) is 90.4 Å². The number of benzene rings is 1. The van der Waals surface area contributed by atoms with Gasteiger partial charge in [0.15, 0.2) is 18.5 Å². The van der Waals surface area contributed by atoms with Gasteiger partial charge in [-0.15, -0.1) is 0 Å². The van der Waals surface area contributed by atoms with Crippen molar-refractivity contribution in [2.75, 3.05) is 39.3 Å². The maximum Gasteiger partial charge on any atom is 0.409 e. The van der Waals surface area contributed by atoms with Crippen LogP contribution in [-0.2, 0) is 30.3 Å². The number of rotatable bonds is 4. The second-order valence-corrected chi connectivity index (χ2v) is 7.26. The first-order chi connectivity index (χ1) is 14.1. The van der Waals surface area contributed by atoms with Gasteiger partial charge in [0.25, 0.3) is 11.8 Å². The van der Waals surface area contributed by atoms with Crippen molar-refractivity contribution in [3.05, 3.63) is 35.9 Å². The van der Waals surface area contributed by atoms with Crippen LogP contribution in [0.3, 0.4) is 0 Å². The molecule has 0 spiro atoms. The van der Waals surface area contributed by atoms with E-state index >= 15 is 0 Å². The van der Waals surface area contributed by atoms with Crippen LogP contribution in [0.2, 0.25) is 0 Å². The molecule has 3 fully saturated rings. The fraction of sp³-hybridized carbons (Fsp3) is 0.550. The van der Waals surface area contributed by atoms with E-state index in [-0.39, 0.29) is 17.9 Å². The molecule has 1 aromatic rings. The molecule has 0 N–H and O–H groups in total. The Morgan fingerprint density at radius 2 is 1.76 bits per heavy atom. The fourth-order valence-electron chi connectivity index (χ4n) is 3.86. The maximum absolute atomic E-state index is 13.0. The molecular formula is C20H25N3O6. The van der Waals surface area contributed by atoms with Crippen molar-refractivity contribution in [2.45, 2.75) is 32.0 Å². The molecule has 9 nitrogen and oxygen atoms in total. The van der Waals surface area contributed by atoms with E-state index in [1.165, 1.54) is 0 Å². The van der Waals surface area contributed by atoms with Crippen LogP contribution in [0.15, 0.2) is 30.3 Å². The van der Waals surface area contributed by atoms with Gasteiger partial charge in [-0.05, 0) is 12.5 Å². The number of fused-ring (bicyclic) bond motifs is 2. The fourth-order valence-corrected chi connectivity index (χ4v) is 3.86. The summed E-state index contributed by atoms with van der Waals surface area (Å²) in [6.45, 7) is 4.35. The second kappa shape index (κ2) is 8.38. The average Bonchev–Trinajstić information content (AvgIpc) is 3.11. The number of morpholine rings is 1. The maximum atomic E-state index is 13.0. The van der Waals surface area contributed by atoms with E-state index in [0.717, 1.165) is 5.56 Å². The molecule has 3 aliphatic rings. The number of ether oxygens (including phenoxy) is 3. The Balaban J connectivity index is 1.36. The Bertz CT molecular complexity index is 765. The molecule has 2 bridgehead atoms. The largest absolute Gasteiger partial charge is 0.450 e. The SMILES string of the molecule is CCOC(=O)N1CCN(C(=O)[C@@H]2O[C@H]3CN(Cc4ccccc4)C(=O)[C@@H]2O3)CC1. The van der Waals surface area contributed by atoms with Crippen molar-refractivity contribution in [1.29, 1.82) is 0 Å².